The smallest absolute Gasteiger partial charge is 0.231 e. The molecule has 27 heavy (non-hydrogen) atoms. The quantitative estimate of drug-likeness (QED) is 0.875. The number of methoxy groups -OCH3 is 1. The van der Waals surface area contributed by atoms with E-state index in [0.29, 0.717) is 28.9 Å². The van der Waals surface area contributed by atoms with Crippen LogP contribution in [-0.2, 0) is 6.42 Å². The average molecular weight is 364 g/mol. The molecule has 1 fully saturated rings. The van der Waals surface area contributed by atoms with Gasteiger partial charge in [-0.3, -0.25) is 4.90 Å². The summed E-state index contributed by atoms with van der Waals surface area (Å²) < 4.78 is 16.6. The van der Waals surface area contributed by atoms with Crippen molar-refractivity contribution >= 4 is 5.82 Å². The first-order chi connectivity index (χ1) is 13.1. The Bertz CT molecular complexity index is 998. The van der Waals surface area contributed by atoms with Gasteiger partial charge in [-0.05, 0) is 37.6 Å². The van der Waals surface area contributed by atoms with Crippen LogP contribution in [0.2, 0.25) is 0 Å². The Hall–Kier alpha value is -2.98. The molecule has 0 radical (unpaired) electrons. The molecule has 5 rings (SSSR count). The predicted octanol–water partition coefficient (Wildman–Crippen LogP) is 2.63. The Labute approximate surface area is 157 Å². The van der Waals surface area contributed by atoms with E-state index in [-0.39, 0.29) is 18.7 Å². The number of hydrogen-bond acceptors (Lipinski definition) is 7. The lowest BCUT2D eigenvalue weighted by molar-refractivity contribution is 0.171. The van der Waals surface area contributed by atoms with Gasteiger partial charge in [-0.2, -0.15) is 5.26 Å². The number of ether oxygens (including phenoxy) is 3. The van der Waals surface area contributed by atoms with Crippen LogP contribution in [0.5, 0.6) is 17.2 Å². The third-order valence-electron chi connectivity index (χ3n) is 6.00. The van der Waals surface area contributed by atoms with E-state index in [1.54, 1.807) is 7.11 Å². The number of likely N-dealkylation sites (N-methyl/N-ethyl adjacent to an activating group) is 1. The van der Waals surface area contributed by atoms with Crippen LogP contribution in [0, 0.1) is 11.3 Å². The zero-order valence-electron chi connectivity index (χ0n) is 15.3. The zero-order valence-corrected chi connectivity index (χ0v) is 15.3. The summed E-state index contributed by atoms with van der Waals surface area (Å²) in [5, 5.41) is 9.85. The molecule has 1 saturated heterocycles. The molecule has 0 aliphatic carbocycles. The zero-order chi connectivity index (χ0) is 18.7. The van der Waals surface area contributed by atoms with Gasteiger partial charge < -0.3 is 19.9 Å². The molecule has 4 heterocycles. The standard InChI is InChI=1S/C20H20N4O3/c1-24-11-3-4-14(24)18-13(7-11)23-20(22)12(8-21)17(18)10-5-15(25-2)19-16(6-10)26-9-27-19/h5-6,11,14H,3-4,7,9H2,1-2H3,(H2,22,23)/t11-,14+/m1/s1. The maximum absolute atomic E-state index is 9.85. The largest absolute Gasteiger partial charge is 0.493 e. The molecular formula is C20H20N4O3. The second-order valence-corrected chi connectivity index (χ2v) is 7.25. The molecule has 0 spiro atoms. The molecule has 2 N–H and O–H groups in total. The van der Waals surface area contributed by atoms with E-state index in [1.165, 1.54) is 0 Å². The number of hydrogen-bond donors (Lipinski definition) is 1. The Morgan fingerprint density at radius 2 is 2.19 bits per heavy atom. The highest BCUT2D eigenvalue weighted by Gasteiger charge is 2.41. The van der Waals surface area contributed by atoms with Gasteiger partial charge in [0, 0.05) is 35.3 Å². The number of nitrogen functional groups attached to an aromatic ring is 1. The van der Waals surface area contributed by atoms with Crippen LogP contribution in [0.3, 0.4) is 0 Å². The van der Waals surface area contributed by atoms with Crippen molar-refractivity contribution in [2.24, 2.45) is 0 Å². The number of pyridine rings is 1. The molecule has 3 aliphatic rings. The Kier molecular flexibility index (Phi) is 3.46. The van der Waals surface area contributed by atoms with Crippen LogP contribution in [0.15, 0.2) is 12.1 Å². The summed E-state index contributed by atoms with van der Waals surface area (Å²) in [5.41, 5.74) is 10.4. The lowest BCUT2D eigenvalue weighted by Gasteiger charge is -2.34. The fraction of sp³-hybridized carbons (Fsp3) is 0.400. The Balaban J connectivity index is 1.81. The molecule has 7 heteroatoms. The van der Waals surface area contributed by atoms with E-state index >= 15 is 0 Å². The maximum atomic E-state index is 9.85. The minimum Gasteiger partial charge on any atom is -0.493 e. The van der Waals surface area contributed by atoms with Crippen molar-refractivity contribution in [2.45, 2.75) is 31.3 Å². The summed E-state index contributed by atoms with van der Waals surface area (Å²) in [6.07, 6.45) is 3.04. The number of nitrogens with two attached hydrogens (primary N) is 1. The summed E-state index contributed by atoms with van der Waals surface area (Å²) in [5.74, 6) is 2.08. The highest BCUT2D eigenvalue weighted by atomic mass is 16.7. The molecule has 0 saturated carbocycles. The first-order valence-corrected chi connectivity index (χ1v) is 9.04. The summed E-state index contributed by atoms with van der Waals surface area (Å²) in [4.78, 5) is 7.00. The number of anilines is 1. The van der Waals surface area contributed by atoms with Crippen LogP contribution in [0.1, 0.15) is 35.7 Å². The molecule has 2 atom stereocenters. The summed E-state index contributed by atoms with van der Waals surface area (Å²) in [6.45, 7) is 0.157. The topological polar surface area (TPSA) is 93.6 Å². The monoisotopic (exact) mass is 364 g/mol. The number of fused-ring (bicyclic) bond motifs is 5. The van der Waals surface area contributed by atoms with Crippen molar-refractivity contribution in [3.63, 3.8) is 0 Å². The van der Waals surface area contributed by atoms with Gasteiger partial charge in [0.1, 0.15) is 17.5 Å². The molecule has 1 aromatic carbocycles. The summed E-state index contributed by atoms with van der Waals surface area (Å²) in [6, 6.07) is 6.80. The van der Waals surface area contributed by atoms with E-state index in [2.05, 4.69) is 23.0 Å². The fourth-order valence-electron chi connectivity index (χ4n) is 4.70. The van der Waals surface area contributed by atoms with Gasteiger partial charge in [-0.15, -0.1) is 0 Å². The molecule has 0 unspecified atom stereocenters. The molecular weight excluding hydrogens is 344 g/mol. The molecule has 138 valence electrons. The maximum Gasteiger partial charge on any atom is 0.231 e. The molecule has 3 aliphatic heterocycles. The van der Waals surface area contributed by atoms with Crippen molar-refractivity contribution in [3.05, 3.63) is 29.0 Å². The van der Waals surface area contributed by atoms with E-state index in [9.17, 15) is 5.26 Å². The van der Waals surface area contributed by atoms with E-state index in [0.717, 1.165) is 41.6 Å². The van der Waals surface area contributed by atoms with Crippen molar-refractivity contribution in [1.29, 1.82) is 5.26 Å². The van der Waals surface area contributed by atoms with Gasteiger partial charge >= 0.3 is 0 Å². The van der Waals surface area contributed by atoms with E-state index in [1.807, 2.05) is 12.1 Å². The van der Waals surface area contributed by atoms with Gasteiger partial charge in [0.05, 0.1) is 7.11 Å². The van der Waals surface area contributed by atoms with Crippen LogP contribution in [0.25, 0.3) is 11.1 Å². The number of aromatic nitrogens is 1. The second kappa shape index (κ2) is 5.76. The third-order valence-corrected chi connectivity index (χ3v) is 6.00. The lowest BCUT2D eigenvalue weighted by Crippen LogP contribution is -2.35. The first kappa shape index (κ1) is 16.2. The third kappa shape index (κ3) is 2.20. The molecule has 7 nitrogen and oxygen atoms in total. The van der Waals surface area contributed by atoms with Crippen molar-refractivity contribution in [1.82, 2.24) is 9.88 Å². The minimum atomic E-state index is 0.157. The summed E-state index contributed by atoms with van der Waals surface area (Å²) >= 11 is 0. The minimum absolute atomic E-state index is 0.157. The van der Waals surface area contributed by atoms with Gasteiger partial charge in [0.15, 0.2) is 11.5 Å². The van der Waals surface area contributed by atoms with Gasteiger partial charge in [-0.25, -0.2) is 4.98 Å². The Morgan fingerprint density at radius 3 is 2.96 bits per heavy atom. The van der Waals surface area contributed by atoms with Crippen LogP contribution in [-0.4, -0.2) is 36.9 Å². The molecule has 2 aromatic rings. The Morgan fingerprint density at radius 1 is 1.33 bits per heavy atom. The van der Waals surface area contributed by atoms with Gasteiger partial charge in [-0.1, -0.05) is 0 Å². The van der Waals surface area contributed by atoms with E-state index in [4.69, 9.17) is 19.9 Å². The van der Waals surface area contributed by atoms with Crippen LogP contribution >= 0.6 is 0 Å². The second-order valence-electron chi connectivity index (χ2n) is 7.25. The predicted molar refractivity (Wildman–Crippen MR) is 98.7 cm³/mol. The highest BCUT2D eigenvalue weighted by molar-refractivity contribution is 5.82. The van der Waals surface area contributed by atoms with Gasteiger partial charge in [0.25, 0.3) is 0 Å². The van der Waals surface area contributed by atoms with Crippen molar-refractivity contribution in [2.75, 3.05) is 26.7 Å². The molecule has 1 aromatic heterocycles. The van der Waals surface area contributed by atoms with E-state index < -0.39 is 0 Å². The van der Waals surface area contributed by atoms with Gasteiger partial charge in [0.2, 0.25) is 12.5 Å². The number of rotatable bonds is 2. The summed E-state index contributed by atoms with van der Waals surface area (Å²) in [7, 11) is 3.75. The average Bonchev–Trinajstić information content (AvgIpc) is 3.22. The van der Waals surface area contributed by atoms with Crippen LogP contribution < -0.4 is 19.9 Å². The van der Waals surface area contributed by atoms with Crippen molar-refractivity contribution < 1.29 is 14.2 Å². The lowest BCUT2D eigenvalue weighted by atomic mass is 9.87. The number of nitrogens with zero attached hydrogens (tertiary/aromatic N) is 3. The number of benzene rings is 1. The number of nitriles is 1. The molecule has 0 amide bonds. The highest BCUT2D eigenvalue weighted by Crippen LogP contribution is 2.50. The van der Waals surface area contributed by atoms with Crippen LogP contribution in [0.4, 0.5) is 5.82 Å². The first-order valence-electron chi connectivity index (χ1n) is 9.04. The van der Waals surface area contributed by atoms with Crippen molar-refractivity contribution in [3.8, 4) is 34.4 Å². The molecule has 2 bridgehead atoms. The fourth-order valence-corrected chi connectivity index (χ4v) is 4.70. The SMILES string of the molecule is COc1cc(-c2c(C#N)c(N)nc3c2[C@@H]2CC[C@H](C3)N2C)cc2c1OCO2. The normalized spacial score (nSPS) is 22.4.